The van der Waals surface area contributed by atoms with Crippen LogP contribution in [-0.4, -0.2) is 5.16 Å². The molecule has 0 aliphatic carbocycles. The number of nitrogens with zero attached hydrogens (tertiary/aromatic N) is 1. The maximum Gasteiger partial charge on any atom is 0.182 e. The van der Waals surface area contributed by atoms with Crippen LogP contribution in [0.25, 0.3) is 12.2 Å². The van der Waals surface area contributed by atoms with Gasteiger partial charge in [-0.15, -0.1) is 0 Å². The van der Waals surface area contributed by atoms with Crippen molar-refractivity contribution in [2.24, 2.45) is 0 Å². The second-order valence-electron chi connectivity index (χ2n) is 3.40. The molecule has 2 rings (SSSR count). The average molecular weight is 235 g/mol. The van der Waals surface area contributed by atoms with Crippen LogP contribution in [0.15, 0.2) is 28.8 Å². The summed E-state index contributed by atoms with van der Waals surface area (Å²) in [6, 6.07) is 7.54. The van der Waals surface area contributed by atoms with Crippen LogP contribution in [0, 0.1) is 6.92 Å². The minimum Gasteiger partial charge on any atom is -0.394 e. The van der Waals surface area contributed by atoms with Crippen molar-refractivity contribution in [3.05, 3.63) is 46.3 Å². The normalized spacial score (nSPS) is 11.1. The fourth-order valence-electron chi connectivity index (χ4n) is 1.29. The van der Waals surface area contributed by atoms with Crippen LogP contribution in [0.3, 0.4) is 0 Å². The van der Waals surface area contributed by atoms with Crippen molar-refractivity contribution in [1.82, 2.24) is 5.16 Å². The van der Waals surface area contributed by atoms with Crippen molar-refractivity contribution in [2.45, 2.75) is 6.92 Å². The second kappa shape index (κ2) is 4.41. The third-order valence-corrected chi connectivity index (χ3v) is 2.60. The zero-order valence-corrected chi connectivity index (χ0v) is 9.53. The summed E-state index contributed by atoms with van der Waals surface area (Å²) in [7, 11) is 0. The van der Waals surface area contributed by atoms with Gasteiger partial charge in [-0.05, 0) is 30.7 Å². The van der Waals surface area contributed by atoms with Crippen LogP contribution in [-0.2, 0) is 0 Å². The Morgan fingerprint density at radius 2 is 2.06 bits per heavy atom. The van der Waals surface area contributed by atoms with Gasteiger partial charge in [-0.25, -0.2) is 0 Å². The third kappa shape index (κ3) is 2.09. The molecule has 0 spiro atoms. The van der Waals surface area contributed by atoms with Crippen molar-refractivity contribution in [3.63, 3.8) is 0 Å². The minimum absolute atomic E-state index is 0.553. The Balaban J connectivity index is 2.28. The van der Waals surface area contributed by atoms with E-state index in [1.54, 1.807) is 13.0 Å². The van der Waals surface area contributed by atoms with Crippen LogP contribution < -0.4 is 5.73 Å². The van der Waals surface area contributed by atoms with E-state index in [1.807, 2.05) is 30.3 Å². The molecule has 0 fully saturated rings. The molecule has 2 N–H and O–H groups in total. The first kappa shape index (κ1) is 10.8. The SMILES string of the molecule is Cc1noc(C=Cc2ccccc2Cl)c1N. The summed E-state index contributed by atoms with van der Waals surface area (Å²) in [6.45, 7) is 1.80. The fraction of sp³-hybridized carbons (Fsp3) is 0.0833. The maximum atomic E-state index is 6.01. The Hall–Kier alpha value is -1.74. The van der Waals surface area contributed by atoms with E-state index >= 15 is 0 Å². The summed E-state index contributed by atoms with van der Waals surface area (Å²) in [5.41, 5.74) is 7.93. The van der Waals surface area contributed by atoms with E-state index in [0.29, 0.717) is 22.2 Å². The molecule has 0 atom stereocenters. The number of hydrogen-bond donors (Lipinski definition) is 1. The number of aromatic nitrogens is 1. The van der Waals surface area contributed by atoms with Gasteiger partial charge in [0, 0.05) is 5.02 Å². The molecule has 4 heteroatoms. The molecule has 0 radical (unpaired) electrons. The standard InChI is InChI=1S/C12H11ClN2O/c1-8-12(14)11(16-15-8)7-6-9-4-2-3-5-10(9)13/h2-7H,14H2,1H3. The molecule has 2 aromatic rings. The first-order chi connectivity index (χ1) is 7.68. The van der Waals surface area contributed by atoms with E-state index in [1.165, 1.54) is 0 Å². The first-order valence-corrected chi connectivity index (χ1v) is 5.20. The van der Waals surface area contributed by atoms with E-state index in [-0.39, 0.29) is 0 Å². The number of nitrogen functional groups attached to an aromatic ring is 1. The summed E-state index contributed by atoms with van der Waals surface area (Å²) in [5.74, 6) is 0.553. The third-order valence-electron chi connectivity index (χ3n) is 2.26. The van der Waals surface area contributed by atoms with Gasteiger partial charge in [0.15, 0.2) is 5.76 Å². The highest BCUT2D eigenvalue weighted by Gasteiger charge is 2.05. The molecule has 0 saturated heterocycles. The summed E-state index contributed by atoms with van der Waals surface area (Å²) in [5, 5.41) is 4.46. The molecular formula is C12H11ClN2O. The van der Waals surface area contributed by atoms with Crippen LogP contribution in [0.4, 0.5) is 5.69 Å². The van der Waals surface area contributed by atoms with Crippen molar-refractivity contribution in [2.75, 3.05) is 5.73 Å². The Bertz CT molecular complexity index is 532. The molecule has 0 saturated carbocycles. The Morgan fingerprint density at radius 1 is 1.31 bits per heavy atom. The van der Waals surface area contributed by atoms with Crippen molar-refractivity contribution >= 4 is 29.4 Å². The van der Waals surface area contributed by atoms with Crippen LogP contribution >= 0.6 is 11.6 Å². The molecule has 0 aliphatic rings. The number of hydrogen-bond acceptors (Lipinski definition) is 3. The monoisotopic (exact) mass is 234 g/mol. The zero-order chi connectivity index (χ0) is 11.5. The lowest BCUT2D eigenvalue weighted by Gasteiger charge is -1.95. The lowest BCUT2D eigenvalue weighted by Crippen LogP contribution is -1.86. The molecule has 0 amide bonds. The molecular weight excluding hydrogens is 224 g/mol. The molecule has 3 nitrogen and oxygen atoms in total. The quantitative estimate of drug-likeness (QED) is 0.867. The van der Waals surface area contributed by atoms with Gasteiger partial charge in [-0.2, -0.15) is 0 Å². The predicted molar refractivity (Wildman–Crippen MR) is 66.0 cm³/mol. The smallest absolute Gasteiger partial charge is 0.182 e. The largest absolute Gasteiger partial charge is 0.394 e. The second-order valence-corrected chi connectivity index (χ2v) is 3.81. The number of anilines is 1. The van der Waals surface area contributed by atoms with Gasteiger partial charge < -0.3 is 10.3 Å². The van der Waals surface area contributed by atoms with Gasteiger partial charge in [0.05, 0.1) is 0 Å². The molecule has 1 aromatic heterocycles. The number of rotatable bonds is 2. The molecule has 0 bridgehead atoms. The van der Waals surface area contributed by atoms with E-state index < -0.39 is 0 Å². The predicted octanol–water partition coefficient (Wildman–Crippen LogP) is 3.39. The molecule has 82 valence electrons. The van der Waals surface area contributed by atoms with Gasteiger partial charge in [-0.1, -0.05) is 35.0 Å². The summed E-state index contributed by atoms with van der Waals surface area (Å²) in [6.07, 6.45) is 3.61. The molecule has 0 aliphatic heterocycles. The molecule has 0 unspecified atom stereocenters. The lowest BCUT2D eigenvalue weighted by molar-refractivity contribution is 0.408. The highest BCUT2D eigenvalue weighted by Crippen LogP contribution is 2.21. The Labute approximate surface area is 98.5 Å². The Morgan fingerprint density at radius 3 is 2.69 bits per heavy atom. The van der Waals surface area contributed by atoms with Crippen molar-refractivity contribution < 1.29 is 4.52 Å². The van der Waals surface area contributed by atoms with Crippen molar-refractivity contribution in [3.8, 4) is 0 Å². The van der Waals surface area contributed by atoms with Crippen molar-refractivity contribution in [1.29, 1.82) is 0 Å². The van der Waals surface area contributed by atoms with Crippen LogP contribution in [0.1, 0.15) is 17.0 Å². The minimum atomic E-state index is 0.553. The first-order valence-electron chi connectivity index (χ1n) is 4.83. The molecule has 1 aromatic carbocycles. The average Bonchev–Trinajstić information content (AvgIpc) is 2.59. The number of benzene rings is 1. The number of aryl methyl sites for hydroxylation is 1. The summed E-state index contributed by atoms with van der Waals surface area (Å²) >= 11 is 6.01. The molecule has 16 heavy (non-hydrogen) atoms. The highest BCUT2D eigenvalue weighted by atomic mass is 35.5. The fourth-order valence-corrected chi connectivity index (χ4v) is 1.49. The van der Waals surface area contributed by atoms with Crippen LogP contribution in [0.2, 0.25) is 5.02 Å². The lowest BCUT2D eigenvalue weighted by atomic mass is 10.2. The number of halogens is 1. The van der Waals surface area contributed by atoms with Gasteiger partial charge in [0.1, 0.15) is 11.4 Å². The maximum absolute atomic E-state index is 6.01. The van der Waals surface area contributed by atoms with E-state index in [4.69, 9.17) is 21.9 Å². The molecule has 1 heterocycles. The van der Waals surface area contributed by atoms with Crippen LogP contribution in [0.5, 0.6) is 0 Å². The topological polar surface area (TPSA) is 52.0 Å². The highest BCUT2D eigenvalue weighted by molar-refractivity contribution is 6.32. The van der Waals surface area contributed by atoms with Gasteiger partial charge in [-0.3, -0.25) is 0 Å². The van der Waals surface area contributed by atoms with Gasteiger partial charge in [0.25, 0.3) is 0 Å². The zero-order valence-electron chi connectivity index (χ0n) is 8.77. The van der Waals surface area contributed by atoms with Gasteiger partial charge in [0.2, 0.25) is 0 Å². The Kier molecular flexibility index (Phi) is 2.97. The van der Waals surface area contributed by atoms with E-state index in [9.17, 15) is 0 Å². The summed E-state index contributed by atoms with van der Waals surface area (Å²) < 4.78 is 5.05. The van der Waals surface area contributed by atoms with E-state index in [0.717, 1.165) is 5.56 Å². The van der Waals surface area contributed by atoms with Gasteiger partial charge >= 0.3 is 0 Å². The summed E-state index contributed by atoms with van der Waals surface area (Å²) in [4.78, 5) is 0. The number of nitrogens with two attached hydrogens (primary N) is 1. The van der Waals surface area contributed by atoms with E-state index in [2.05, 4.69) is 5.16 Å².